The molecule has 162 valence electrons. The highest BCUT2D eigenvalue weighted by atomic mass is 16.5. The molecule has 0 aliphatic heterocycles. The largest absolute Gasteiger partial charge is 0.480 e. The van der Waals surface area contributed by atoms with Crippen LogP contribution in [0.2, 0.25) is 0 Å². The molecule has 1 heterocycles. The van der Waals surface area contributed by atoms with E-state index in [1.54, 1.807) is 0 Å². The normalized spacial score (nSPS) is 19.2. The summed E-state index contributed by atoms with van der Waals surface area (Å²) < 4.78 is 5.74. The number of aromatic nitrogens is 2. The number of hydrogen-bond acceptors (Lipinski definition) is 9. The van der Waals surface area contributed by atoms with Gasteiger partial charge in [0.1, 0.15) is 17.8 Å². The van der Waals surface area contributed by atoms with Gasteiger partial charge in [0.25, 0.3) is 0 Å². The summed E-state index contributed by atoms with van der Waals surface area (Å²) in [5.41, 5.74) is 2.12. The van der Waals surface area contributed by atoms with E-state index in [9.17, 15) is 10.0 Å². The second kappa shape index (κ2) is 10.1. The molecule has 0 aromatic carbocycles. The average Bonchev–Trinajstić information content (AvgIpc) is 2.64. The number of ether oxygens (including phenoxy) is 1. The van der Waals surface area contributed by atoms with Crippen LogP contribution in [0.3, 0.4) is 0 Å². The van der Waals surface area contributed by atoms with Crippen LogP contribution in [0.1, 0.15) is 46.5 Å². The number of carboxylic acids is 1. The van der Waals surface area contributed by atoms with Crippen LogP contribution in [0.15, 0.2) is 18.7 Å². The zero-order chi connectivity index (χ0) is 21.4. The zero-order valence-electron chi connectivity index (χ0n) is 17.3. The van der Waals surface area contributed by atoms with Gasteiger partial charge in [0, 0.05) is 12.6 Å². The minimum absolute atomic E-state index is 0.180. The van der Waals surface area contributed by atoms with Crippen molar-refractivity contribution in [1.82, 2.24) is 15.3 Å². The Labute approximate surface area is 171 Å². The number of aliphatic carboxylic acids is 1. The predicted octanol–water partition coefficient (Wildman–Crippen LogP) is 2.62. The number of carbonyl (C=O) groups is 1. The number of carboxylic acid groups (broad SMARTS) is 1. The summed E-state index contributed by atoms with van der Waals surface area (Å²) in [5, 5.41) is 27.2. The molecule has 10 nitrogen and oxygen atoms in total. The molecule has 0 amide bonds. The van der Waals surface area contributed by atoms with Crippen LogP contribution in [0, 0.1) is 5.92 Å². The fraction of sp³-hybridized carbons (Fsp3) is 0.632. The van der Waals surface area contributed by atoms with Crippen molar-refractivity contribution in [2.45, 2.75) is 58.1 Å². The molecule has 2 rings (SSSR count). The van der Waals surface area contributed by atoms with Crippen LogP contribution in [-0.2, 0) is 9.53 Å². The molecule has 0 unspecified atom stereocenters. The molecule has 1 aliphatic rings. The Hall–Kier alpha value is -2.75. The summed E-state index contributed by atoms with van der Waals surface area (Å²) in [7, 11) is 0. The van der Waals surface area contributed by atoms with Crippen LogP contribution in [0.4, 0.5) is 17.5 Å². The number of nitrogens with zero attached hydrogens (tertiary/aromatic N) is 2. The molecule has 0 spiro atoms. The van der Waals surface area contributed by atoms with E-state index in [1.807, 2.05) is 20.8 Å². The molecule has 0 radical (unpaired) electrons. The minimum Gasteiger partial charge on any atom is -0.480 e. The van der Waals surface area contributed by atoms with Crippen LogP contribution in [0.25, 0.3) is 0 Å². The van der Waals surface area contributed by atoms with E-state index in [0.29, 0.717) is 35.9 Å². The molecule has 10 heteroatoms. The number of hydrogen-bond donors (Lipinski definition) is 6. The van der Waals surface area contributed by atoms with E-state index in [1.165, 1.54) is 6.20 Å². The van der Waals surface area contributed by atoms with E-state index in [2.05, 4.69) is 38.0 Å². The first-order valence-corrected chi connectivity index (χ1v) is 9.77. The molecule has 1 aliphatic carbocycles. The van der Waals surface area contributed by atoms with Crippen molar-refractivity contribution < 1.29 is 19.8 Å². The summed E-state index contributed by atoms with van der Waals surface area (Å²) in [6.45, 7) is 10.3. The third-order valence-corrected chi connectivity index (χ3v) is 4.51. The minimum atomic E-state index is -1.01. The second-order valence-electron chi connectivity index (χ2n) is 8.20. The van der Waals surface area contributed by atoms with Crippen LogP contribution < -0.4 is 21.4 Å². The first kappa shape index (κ1) is 22.5. The summed E-state index contributed by atoms with van der Waals surface area (Å²) >= 11 is 0. The Morgan fingerprint density at radius 2 is 1.97 bits per heavy atom. The van der Waals surface area contributed by atoms with Crippen LogP contribution >= 0.6 is 0 Å². The molecular weight excluding hydrogens is 376 g/mol. The highest BCUT2D eigenvalue weighted by molar-refractivity contribution is 5.72. The third kappa shape index (κ3) is 8.02. The van der Waals surface area contributed by atoms with Gasteiger partial charge in [0.15, 0.2) is 11.7 Å². The predicted molar refractivity (Wildman–Crippen MR) is 111 cm³/mol. The molecule has 0 atom stereocenters. The Morgan fingerprint density at radius 3 is 2.55 bits per heavy atom. The lowest BCUT2D eigenvalue weighted by Gasteiger charge is -2.32. The Kier molecular flexibility index (Phi) is 7.89. The maximum Gasteiger partial charge on any atom is 0.322 e. The Bertz CT molecular complexity index is 698. The number of rotatable bonds is 10. The van der Waals surface area contributed by atoms with Crippen molar-refractivity contribution >= 4 is 23.4 Å². The Morgan fingerprint density at radius 1 is 1.28 bits per heavy atom. The highest BCUT2D eigenvalue weighted by Crippen LogP contribution is 2.27. The number of anilines is 3. The highest BCUT2D eigenvalue weighted by Gasteiger charge is 2.23. The lowest BCUT2D eigenvalue weighted by Crippen LogP contribution is -2.36. The Balaban J connectivity index is 1.81. The van der Waals surface area contributed by atoms with Crippen molar-refractivity contribution in [2.24, 2.45) is 5.92 Å². The lowest BCUT2D eigenvalue weighted by molar-refractivity contribution is -0.134. The van der Waals surface area contributed by atoms with Crippen LogP contribution in [0.5, 0.6) is 0 Å². The van der Waals surface area contributed by atoms with E-state index in [4.69, 9.17) is 9.84 Å². The van der Waals surface area contributed by atoms with Crippen molar-refractivity contribution in [3.8, 4) is 0 Å². The summed E-state index contributed by atoms with van der Waals surface area (Å²) in [5.74, 6) is 0.664. The topological polar surface area (TPSA) is 141 Å². The summed E-state index contributed by atoms with van der Waals surface area (Å²) in [6, 6.07) is 0.349. The third-order valence-electron chi connectivity index (χ3n) is 4.51. The van der Waals surface area contributed by atoms with Gasteiger partial charge in [-0.25, -0.2) is 4.98 Å². The average molecular weight is 409 g/mol. The zero-order valence-corrected chi connectivity index (χ0v) is 17.3. The molecule has 1 saturated carbocycles. The van der Waals surface area contributed by atoms with E-state index in [0.717, 1.165) is 25.7 Å². The monoisotopic (exact) mass is 408 g/mol. The van der Waals surface area contributed by atoms with Gasteiger partial charge in [0.2, 0.25) is 5.95 Å². The molecule has 1 aromatic heterocycles. The standard InChI is InChI=1S/C19H32N6O4/c1-12(29-19(2,3)4)23-14-7-5-13(6-8-14)9-20-17-15(25-28)10-21-18(24-17)22-11-16(26)27/h10,13-14,23,25,28H,1,5-9,11H2,2-4H3,(H,26,27)(H2,20,21,22,24). The van der Waals surface area contributed by atoms with Gasteiger partial charge in [-0.3, -0.25) is 15.5 Å². The van der Waals surface area contributed by atoms with Crippen molar-refractivity contribution in [2.75, 3.05) is 29.2 Å². The van der Waals surface area contributed by atoms with E-state index >= 15 is 0 Å². The summed E-state index contributed by atoms with van der Waals surface area (Å²) in [6.07, 6.45) is 5.48. The maximum atomic E-state index is 10.7. The quantitative estimate of drug-likeness (QED) is 0.253. The molecule has 1 fully saturated rings. The molecular formula is C19H32N6O4. The molecule has 0 bridgehead atoms. The van der Waals surface area contributed by atoms with Gasteiger partial charge in [-0.05, 0) is 59.0 Å². The smallest absolute Gasteiger partial charge is 0.322 e. The number of nitrogens with one attached hydrogen (secondary N) is 4. The van der Waals surface area contributed by atoms with Gasteiger partial charge in [-0.2, -0.15) is 4.98 Å². The van der Waals surface area contributed by atoms with E-state index in [-0.39, 0.29) is 18.1 Å². The van der Waals surface area contributed by atoms with Gasteiger partial charge < -0.3 is 25.8 Å². The van der Waals surface area contributed by atoms with Crippen molar-refractivity contribution in [3.63, 3.8) is 0 Å². The van der Waals surface area contributed by atoms with Crippen LogP contribution in [-0.4, -0.2) is 51.0 Å². The van der Waals surface area contributed by atoms with Gasteiger partial charge >= 0.3 is 5.97 Å². The van der Waals surface area contributed by atoms with Crippen molar-refractivity contribution in [1.29, 1.82) is 0 Å². The molecule has 6 N–H and O–H groups in total. The fourth-order valence-electron chi connectivity index (χ4n) is 3.22. The molecule has 0 saturated heterocycles. The summed E-state index contributed by atoms with van der Waals surface area (Å²) in [4.78, 5) is 18.9. The lowest BCUT2D eigenvalue weighted by atomic mass is 9.86. The molecule has 29 heavy (non-hydrogen) atoms. The van der Waals surface area contributed by atoms with Crippen molar-refractivity contribution in [3.05, 3.63) is 18.7 Å². The van der Waals surface area contributed by atoms with E-state index < -0.39 is 5.97 Å². The van der Waals surface area contributed by atoms with Gasteiger partial charge in [0.05, 0.1) is 6.20 Å². The second-order valence-corrected chi connectivity index (χ2v) is 8.20. The molecule has 1 aromatic rings. The fourth-order valence-corrected chi connectivity index (χ4v) is 3.22. The first-order valence-electron chi connectivity index (χ1n) is 9.77. The van der Waals surface area contributed by atoms with Gasteiger partial charge in [-0.1, -0.05) is 0 Å². The SMILES string of the molecule is C=C(NC1CCC(CNc2nc(NCC(=O)O)ncc2NO)CC1)OC(C)(C)C. The van der Waals surface area contributed by atoms with Gasteiger partial charge in [-0.15, -0.1) is 0 Å². The first-order chi connectivity index (χ1) is 13.7. The maximum absolute atomic E-state index is 10.7.